The van der Waals surface area contributed by atoms with Crippen molar-refractivity contribution in [2.75, 3.05) is 10.6 Å². The van der Waals surface area contributed by atoms with E-state index in [1.54, 1.807) is 18.2 Å². The number of hydrogen-bond acceptors (Lipinski definition) is 2. The minimum absolute atomic E-state index is 0.303. The van der Waals surface area contributed by atoms with Crippen LogP contribution in [0.25, 0.3) is 10.9 Å². The van der Waals surface area contributed by atoms with Crippen LogP contribution in [-0.4, -0.2) is 15.8 Å². The van der Waals surface area contributed by atoms with Gasteiger partial charge in [-0.05, 0) is 55.8 Å². The second-order valence-electron chi connectivity index (χ2n) is 5.48. The van der Waals surface area contributed by atoms with Crippen molar-refractivity contribution in [1.29, 1.82) is 0 Å². The van der Waals surface area contributed by atoms with Crippen molar-refractivity contribution in [3.63, 3.8) is 0 Å². The Bertz CT molecular complexity index is 901. The highest BCUT2D eigenvalue weighted by atomic mass is 35.5. The standard InChI is InChI=1S/C17H17ClN4O/c1-10-8-12(18)4-7-15(10)20-17(23)19-13-5-6-14-11(2)22(3)21-16(14)9-13/h4-9H,1-3H3,(H2,19,20,23). The lowest BCUT2D eigenvalue weighted by Crippen LogP contribution is -2.19. The van der Waals surface area contributed by atoms with Gasteiger partial charge in [0.25, 0.3) is 0 Å². The predicted octanol–water partition coefficient (Wildman–Crippen LogP) is 4.49. The number of benzene rings is 2. The minimum atomic E-state index is -0.303. The van der Waals surface area contributed by atoms with E-state index >= 15 is 0 Å². The number of anilines is 2. The van der Waals surface area contributed by atoms with Crippen molar-refractivity contribution in [2.45, 2.75) is 13.8 Å². The van der Waals surface area contributed by atoms with Gasteiger partial charge >= 0.3 is 6.03 Å². The number of nitrogens with zero attached hydrogens (tertiary/aromatic N) is 2. The topological polar surface area (TPSA) is 59.0 Å². The molecule has 0 atom stereocenters. The van der Waals surface area contributed by atoms with Gasteiger partial charge in [0.2, 0.25) is 0 Å². The van der Waals surface area contributed by atoms with E-state index in [1.165, 1.54) is 0 Å². The molecule has 2 amide bonds. The second kappa shape index (κ2) is 5.93. The molecule has 0 fully saturated rings. The van der Waals surface area contributed by atoms with Crippen LogP contribution in [0.3, 0.4) is 0 Å². The van der Waals surface area contributed by atoms with Gasteiger partial charge in [0, 0.05) is 34.5 Å². The summed E-state index contributed by atoms with van der Waals surface area (Å²) in [6.45, 7) is 3.91. The Hall–Kier alpha value is -2.53. The van der Waals surface area contributed by atoms with E-state index in [0.29, 0.717) is 10.7 Å². The molecular weight excluding hydrogens is 312 g/mol. The molecule has 118 valence electrons. The summed E-state index contributed by atoms with van der Waals surface area (Å²) < 4.78 is 1.82. The van der Waals surface area contributed by atoms with E-state index in [4.69, 9.17) is 11.6 Å². The summed E-state index contributed by atoms with van der Waals surface area (Å²) in [7, 11) is 1.90. The number of halogens is 1. The van der Waals surface area contributed by atoms with Gasteiger partial charge in [0.1, 0.15) is 0 Å². The number of urea groups is 1. The Labute approximate surface area is 139 Å². The maximum Gasteiger partial charge on any atom is 0.323 e. The maximum atomic E-state index is 12.1. The van der Waals surface area contributed by atoms with Crippen LogP contribution in [0.4, 0.5) is 16.2 Å². The molecule has 6 heteroatoms. The average molecular weight is 329 g/mol. The predicted molar refractivity (Wildman–Crippen MR) is 94.3 cm³/mol. The molecule has 0 unspecified atom stereocenters. The first-order valence-corrected chi connectivity index (χ1v) is 7.59. The Morgan fingerprint density at radius 3 is 2.65 bits per heavy atom. The van der Waals surface area contributed by atoms with Crippen LogP contribution in [0.1, 0.15) is 11.3 Å². The molecule has 2 N–H and O–H groups in total. The van der Waals surface area contributed by atoms with Crippen LogP contribution < -0.4 is 10.6 Å². The Kier molecular flexibility index (Phi) is 3.96. The molecule has 23 heavy (non-hydrogen) atoms. The van der Waals surface area contributed by atoms with Gasteiger partial charge in [0.05, 0.1) is 5.52 Å². The molecule has 0 aliphatic rings. The Morgan fingerprint density at radius 2 is 1.91 bits per heavy atom. The fraction of sp³-hybridized carbons (Fsp3) is 0.176. The molecule has 0 spiro atoms. The zero-order valence-electron chi connectivity index (χ0n) is 13.1. The number of aryl methyl sites for hydroxylation is 3. The van der Waals surface area contributed by atoms with Crippen molar-refractivity contribution in [2.24, 2.45) is 7.05 Å². The van der Waals surface area contributed by atoms with Gasteiger partial charge in [-0.15, -0.1) is 0 Å². The summed E-state index contributed by atoms with van der Waals surface area (Å²) in [6, 6.07) is 10.7. The Balaban J connectivity index is 1.77. The molecule has 1 heterocycles. The smallest absolute Gasteiger partial charge is 0.308 e. The largest absolute Gasteiger partial charge is 0.323 e. The Morgan fingerprint density at radius 1 is 1.13 bits per heavy atom. The summed E-state index contributed by atoms with van der Waals surface area (Å²) in [5.74, 6) is 0. The molecule has 3 rings (SSSR count). The van der Waals surface area contributed by atoms with Gasteiger partial charge in [-0.1, -0.05) is 11.6 Å². The SMILES string of the molecule is Cc1cc(Cl)ccc1NC(=O)Nc1ccc2c(C)n(C)nc2c1. The normalized spacial score (nSPS) is 10.8. The van der Waals surface area contributed by atoms with E-state index in [1.807, 2.05) is 43.8 Å². The highest BCUT2D eigenvalue weighted by Gasteiger charge is 2.08. The van der Waals surface area contributed by atoms with Crippen molar-refractivity contribution in [3.8, 4) is 0 Å². The molecule has 1 aromatic heterocycles. The summed E-state index contributed by atoms with van der Waals surface area (Å²) in [5.41, 5.74) is 4.27. The molecule has 5 nitrogen and oxygen atoms in total. The first kappa shape index (κ1) is 15.4. The van der Waals surface area contributed by atoms with Gasteiger partial charge in [-0.2, -0.15) is 5.10 Å². The highest BCUT2D eigenvalue weighted by molar-refractivity contribution is 6.30. The van der Waals surface area contributed by atoms with E-state index in [0.717, 1.165) is 27.8 Å². The summed E-state index contributed by atoms with van der Waals surface area (Å²) >= 11 is 5.92. The molecule has 0 radical (unpaired) electrons. The average Bonchev–Trinajstić information content (AvgIpc) is 2.77. The molecule has 0 aliphatic carbocycles. The molecule has 0 bridgehead atoms. The van der Waals surface area contributed by atoms with Crippen molar-refractivity contribution >= 4 is 39.9 Å². The third-order valence-corrected chi connectivity index (χ3v) is 4.06. The number of rotatable bonds is 2. The highest BCUT2D eigenvalue weighted by Crippen LogP contribution is 2.22. The number of fused-ring (bicyclic) bond motifs is 1. The number of amides is 2. The van der Waals surface area contributed by atoms with Gasteiger partial charge in [-0.3, -0.25) is 4.68 Å². The summed E-state index contributed by atoms with van der Waals surface area (Å²) in [6.07, 6.45) is 0. The van der Waals surface area contributed by atoms with Gasteiger partial charge in [-0.25, -0.2) is 4.79 Å². The third-order valence-electron chi connectivity index (χ3n) is 3.83. The monoisotopic (exact) mass is 328 g/mol. The zero-order chi connectivity index (χ0) is 16.6. The summed E-state index contributed by atoms with van der Waals surface area (Å²) in [4.78, 5) is 12.1. The second-order valence-corrected chi connectivity index (χ2v) is 5.92. The van der Waals surface area contributed by atoms with Crippen molar-refractivity contribution < 1.29 is 4.79 Å². The molecule has 3 aromatic rings. The summed E-state index contributed by atoms with van der Waals surface area (Å²) in [5, 5.41) is 11.8. The van der Waals surface area contributed by atoms with Crippen LogP contribution in [0.2, 0.25) is 5.02 Å². The first-order chi connectivity index (χ1) is 10.9. The lowest BCUT2D eigenvalue weighted by molar-refractivity contribution is 0.262. The van der Waals surface area contributed by atoms with Gasteiger partial charge in [0.15, 0.2) is 0 Å². The van der Waals surface area contributed by atoms with E-state index in [-0.39, 0.29) is 6.03 Å². The van der Waals surface area contributed by atoms with Crippen LogP contribution in [0.15, 0.2) is 36.4 Å². The van der Waals surface area contributed by atoms with Crippen molar-refractivity contribution in [3.05, 3.63) is 52.7 Å². The number of hydrogen-bond donors (Lipinski definition) is 2. The molecular formula is C17H17ClN4O. The van der Waals surface area contributed by atoms with Crippen molar-refractivity contribution in [1.82, 2.24) is 9.78 Å². The lowest BCUT2D eigenvalue weighted by atomic mass is 10.2. The molecule has 0 aliphatic heterocycles. The minimum Gasteiger partial charge on any atom is -0.308 e. The maximum absolute atomic E-state index is 12.1. The fourth-order valence-corrected chi connectivity index (χ4v) is 2.69. The van der Waals surface area contributed by atoms with Crippen LogP contribution >= 0.6 is 11.6 Å². The molecule has 0 saturated heterocycles. The van der Waals surface area contributed by atoms with Crippen LogP contribution in [-0.2, 0) is 7.05 Å². The number of carbonyl (C=O) groups excluding carboxylic acids is 1. The number of carbonyl (C=O) groups is 1. The molecule has 2 aromatic carbocycles. The van der Waals surface area contributed by atoms with E-state index < -0.39 is 0 Å². The molecule has 0 saturated carbocycles. The van der Waals surface area contributed by atoms with E-state index in [2.05, 4.69) is 15.7 Å². The number of nitrogens with one attached hydrogen (secondary N) is 2. The lowest BCUT2D eigenvalue weighted by Gasteiger charge is -2.10. The van der Waals surface area contributed by atoms with Crippen LogP contribution in [0, 0.1) is 13.8 Å². The van der Waals surface area contributed by atoms with Gasteiger partial charge < -0.3 is 10.6 Å². The number of aromatic nitrogens is 2. The van der Waals surface area contributed by atoms with Crippen LogP contribution in [0.5, 0.6) is 0 Å². The zero-order valence-corrected chi connectivity index (χ0v) is 13.9. The third kappa shape index (κ3) is 3.14. The first-order valence-electron chi connectivity index (χ1n) is 7.21. The fourth-order valence-electron chi connectivity index (χ4n) is 2.46. The van der Waals surface area contributed by atoms with E-state index in [9.17, 15) is 4.79 Å². The quantitative estimate of drug-likeness (QED) is 0.728.